The zero-order chi connectivity index (χ0) is 14.5. The predicted molar refractivity (Wildman–Crippen MR) is 78.9 cm³/mol. The van der Waals surface area contributed by atoms with Crippen molar-refractivity contribution in [3.63, 3.8) is 0 Å². The molecule has 2 N–H and O–H groups in total. The van der Waals surface area contributed by atoms with Gasteiger partial charge in [-0.25, -0.2) is 9.97 Å². The molecule has 1 amide bonds. The van der Waals surface area contributed by atoms with Crippen molar-refractivity contribution in [2.75, 3.05) is 32.5 Å². The second-order valence-corrected chi connectivity index (χ2v) is 5.52. The van der Waals surface area contributed by atoms with E-state index in [2.05, 4.69) is 25.5 Å². The van der Waals surface area contributed by atoms with E-state index in [9.17, 15) is 4.79 Å². The van der Waals surface area contributed by atoms with Crippen molar-refractivity contribution in [2.24, 2.45) is 0 Å². The average molecular weight is 277 g/mol. The Kier molecular flexibility index (Phi) is 4.89. The molecular weight excluding hydrogens is 254 g/mol. The number of aromatic nitrogens is 2. The molecule has 0 aromatic carbocycles. The van der Waals surface area contributed by atoms with Gasteiger partial charge in [-0.1, -0.05) is 0 Å². The summed E-state index contributed by atoms with van der Waals surface area (Å²) in [4.78, 5) is 22.7. The summed E-state index contributed by atoms with van der Waals surface area (Å²) in [5.41, 5.74) is 0.436. The molecule has 0 bridgehead atoms. The molecule has 1 heterocycles. The highest BCUT2D eigenvalue weighted by Crippen LogP contribution is 2.23. The minimum atomic E-state index is -0.131. The third-order valence-corrected chi connectivity index (χ3v) is 3.07. The largest absolute Gasteiger partial charge is 0.367 e. The number of rotatable bonds is 7. The first-order chi connectivity index (χ1) is 9.54. The van der Waals surface area contributed by atoms with Gasteiger partial charge in [-0.15, -0.1) is 0 Å². The molecule has 0 atom stereocenters. The van der Waals surface area contributed by atoms with E-state index in [1.807, 2.05) is 14.1 Å². The van der Waals surface area contributed by atoms with Crippen molar-refractivity contribution >= 4 is 11.7 Å². The SMILES string of the molecule is Cc1nc(NC2CC2)cc(C(=O)NCCCN(C)C)n1. The fourth-order valence-electron chi connectivity index (χ4n) is 1.88. The number of nitrogens with one attached hydrogen (secondary N) is 2. The maximum atomic E-state index is 12.1. The lowest BCUT2D eigenvalue weighted by molar-refractivity contribution is 0.0947. The zero-order valence-electron chi connectivity index (χ0n) is 12.4. The first-order valence-electron chi connectivity index (χ1n) is 7.10. The van der Waals surface area contributed by atoms with Gasteiger partial charge in [-0.2, -0.15) is 0 Å². The molecule has 1 aliphatic rings. The maximum Gasteiger partial charge on any atom is 0.270 e. The smallest absolute Gasteiger partial charge is 0.270 e. The Hall–Kier alpha value is -1.69. The molecule has 110 valence electrons. The van der Waals surface area contributed by atoms with E-state index in [0.29, 0.717) is 24.1 Å². The molecule has 1 saturated carbocycles. The van der Waals surface area contributed by atoms with Crippen molar-refractivity contribution in [1.29, 1.82) is 0 Å². The minimum absolute atomic E-state index is 0.131. The van der Waals surface area contributed by atoms with Gasteiger partial charge in [0, 0.05) is 18.7 Å². The van der Waals surface area contributed by atoms with Crippen LogP contribution < -0.4 is 10.6 Å². The number of aryl methyl sites for hydroxylation is 1. The zero-order valence-corrected chi connectivity index (χ0v) is 12.4. The van der Waals surface area contributed by atoms with E-state index in [-0.39, 0.29) is 5.91 Å². The highest BCUT2D eigenvalue weighted by Gasteiger charge is 2.22. The van der Waals surface area contributed by atoms with Gasteiger partial charge in [0.25, 0.3) is 5.91 Å². The monoisotopic (exact) mass is 277 g/mol. The quantitative estimate of drug-likeness (QED) is 0.729. The van der Waals surface area contributed by atoms with Crippen molar-refractivity contribution in [1.82, 2.24) is 20.2 Å². The normalized spacial score (nSPS) is 14.4. The Balaban J connectivity index is 1.89. The van der Waals surface area contributed by atoms with Gasteiger partial charge in [0.05, 0.1) is 0 Å². The molecule has 0 radical (unpaired) electrons. The number of hydrogen-bond acceptors (Lipinski definition) is 5. The van der Waals surface area contributed by atoms with E-state index in [1.54, 1.807) is 13.0 Å². The first kappa shape index (κ1) is 14.7. The molecule has 0 aliphatic heterocycles. The van der Waals surface area contributed by atoms with Gasteiger partial charge >= 0.3 is 0 Å². The lowest BCUT2D eigenvalue weighted by Crippen LogP contribution is -2.28. The van der Waals surface area contributed by atoms with Crippen LogP contribution >= 0.6 is 0 Å². The van der Waals surface area contributed by atoms with Crippen LogP contribution in [0, 0.1) is 6.92 Å². The number of carbonyl (C=O) groups is 1. The van der Waals surface area contributed by atoms with Crippen molar-refractivity contribution < 1.29 is 4.79 Å². The lowest BCUT2D eigenvalue weighted by atomic mass is 10.3. The molecule has 6 nitrogen and oxygen atoms in total. The molecule has 6 heteroatoms. The maximum absolute atomic E-state index is 12.1. The second-order valence-electron chi connectivity index (χ2n) is 5.52. The fraction of sp³-hybridized carbons (Fsp3) is 0.643. The molecule has 0 unspecified atom stereocenters. The summed E-state index contributed by atoms with van der Waals surface area (Å²) in [6.07, 6.45) is 3.28. The van der Waals surface area contributed by atoms with Gasteiger partial charge in [-0.05, 0) is 46.8 Å². The molecule has 2 rings (SSSR count). The van der Waals surface area contributed by atoms with E-state index in [1.165, 1.54) is 12.8 Å². The lowest BCUT2D eigenvalue weighted by Gasteiger charge is -2.10. The summed E-state index contributed by atoms with van der Waals surface area (Å²) in [5, 5.41) is 6.19. The topological polar surface area (TPSA) is 70.2 Å². The van der Waals surface area contributed by atoms with Gasteiger partial charge in [-0.3, -0.25) is 4.79 Å². The summed E-state index contributed by atoms with van der Waals surface area (Å²) in [5.74, 6) is 1.24. The van der Waals surface area contributed by atoms with Crippen LogP contribution in [0.5, 0.6) is 0 Å². The Morgan fingerprint density at radius 3 is 2.80 bits per heavy atom. The molecular formula is C14H23N5O. The van der Waals surface area contributed by atoms with Crippen molar-refractivity contribution in [3.8, 4) is 0 Å². The molecule has 20 heavy (non-hydrogen) atoms. The number of nitrogens with zero attached hydrogens (tertiary/aromatic N) is 3. The highest BCUT2D eigenvalue weighted by molar-refractivity contribution is 5.92. The summed E-state index contributed by atoms with van der Waals surface area (Å²) >= 11 is 0. The fourth-order valence-corrected chi connectivity index (χ4v) is 1.88. The molecule has 1 aromatic rings. The Labute approximate surface area is 120 Å². The highest BCUT2D eigenvalue weighted by atomic mass is 16.1. The van der Waals surface area contributed by atoms with Gasteiger partial charge < -0.3 is 15.5 Å². The summed E-state index contributed by atoms with van der Waals surface area (Å²) < 4.78 is 0. The van der Waals surface area contributed by atoms with Crippen LogP contribution in [0.3, 0.4) is 0 Å². The predicted octanol–water partition coefficient (Wildman–Crippen LogP) is 1.04. The van der Waals surface area contributed by atoms with E-state index in [0.717, 1.165) is 18.8 Å². The molecule has 0 spiro atoms. The second kappa shape index (κ2) is 6.65. The molecule has 0 saturated heterocycles. The van der Waals surface area contributed by atoms with Crippen LogP contribution in [0.2, 0.25) is 0 Å². The van der Waals surface area contributed by atoms with Crippen LogP contribution in [0.15, 0.2) is 6.07 Å². The Morgan fingerprint density at radius 2 is 2.15 bits per heavy atom. The van der Waals surface area contributed by atoms with Crippen LogP contribution in [0.1, 0.15) is 35.6 Å². The number of carbonyl (C=O) groups excluding carboxylic acids is 1. The van der Waals surface area contributed by atoms with E-state index in [4.69, 9.17) is 0 Å². The van der Waals surface area contributed by atoms with E-state index < -0.39 is 0 Å². The van der Waals surface area contributed by atoms with Crippen LogP contribution in [0.4, 0.5) is 5.82 Å². The number of hydrogen-bond donors (Lipinski definition) is 2. The van der Waals surface area contributed by atoms with E-state index >= 15 is 0 Å². The summed E-state index contributed by atoms with van der Waals surface area (Å²) in [6, 6.07) is 2.24. The van der Waals surface area contributed by atoms with Crippen molar-refractivity contribution in [3.05, 3.63) is 17.6 Å². The molecule has 1 aromatic heterocycles. The third-order valence-electron chi connectivity index (χ3n) is 3.07. The van der Waals surface area contributed by atoms with Gasteiger partial charge in [0.15, 0.2) is 0 Å². The summed E-state index contributed by atoms with van der Waals surface area (Å²) in [7, 11) is 4.04. The molecule has 1 fully saturated rings. The summed E-state index contributed by atoms with van der Waals surface area (Å²) in [6.45, 7) is 3.42. The first-order valence-corrected chi connectivity index (χ1v) is 7.10. The van der Waals surface area contributed by atoms with Crippen LogP contribution in [-0.4, -0.2) is 54.0 Å². The Morgan fingerprint density at radius 1 is 1.40 bits per heavy atom. The minimum Gasteiger partial charge on any atom is -0.367 e. The number of anilines is 1. The van der Waals surface area contributed by atoms with Gasteiger partial charge in [0.1, 0.15) is 17.3 Å². The van der Waals surface area contributed by atoms with Crippen LogP contribution in [-0.2, 0) is 0 Å². The standard InChI is InChI=1S/C14H23N5O/c1-10-16-12(9-13(17-10)18-11-5-6-11)14(20)15-7-4-8-19(2)3/h9,11H,4-8H2,1-3H3,(H,15,20)(H,16,17,18). The third kappa shape index (κ3) is 4.77. The average Bonchev–Trinajstić information content (AvgIpc) is 3.17. The Bertz CT molecular complexity index is 471. The van der Waals surface area contributed by atoms with Gasteiger partial charge in [0.2, 0.25) is 0 Å². The van der Waals surface area contributed by atoms with Crippen molar-refractivity contribution in [2.45, 2.75) is 32.2 Å². The molecule has 1 aliphatic carbocycles. The van der Waals surface area contributed by atoms with Crippen LogP contribution in [0.25, 0.3) is 0 Å². The number of amides is 1.